The molecule has 1 aromatic rings. The molecule has 0 aliphatic carbocycles. The van der Waals surface area contributed by atoms with Crippen LogP contribution in [0.5, 0.6) is 5.75 Å². The minimum atomic E-state index is -1.36. The van der Waals surface area contributed by atoms with Gasteiger partial charge in [0, 0.05) is 12.0 Å². The van der Waals surface area contributed by atoms with E-state index < -0.39 is 29.5 Å². The largest absolute Gasteiger partial charge is 0.497 e. The van der Waals surface area contributed by atoms with Gasteiger partial charge >= 0.3 is 12.1 Å². The van der Waals surface area contributed by atoms with Gasteiger partial charge < -0.3 is 19.9 Å². The minimum Gasteiger partial charge on any atom is -0.497 e. The van der Waals surface area contributed by atoms with Crippen molar-refractivity contribution in [3.05, 3.63) is 29.8 Å². The van der Waals surface area contributed by atoms with Crippen LogP contribution in [-0.2, 0) is 9.53 Å². The highest BCUT2D eigenvalue weighted by atomic mass is 16.6. The molecule has 1 rings (SSSR count). The Morgan fingerprint density at radius 3 is 2.17 bits per heavy atom. The van der Waals surface area contributed by atoms with Crippen molar-refractivity contribution in [2.75, 3.05) is 7.11 Å². The number of hydrogen-bond donors (Lipinski definition) is 2. The van der Waals surface area contributed by atoms with Crippen LogP contribution in [0.15, 0.2) is 24.3 Å². The number of hydrogen-bond acceptors (Lipinski definition) is 5. The average molecular weight is 323 g/mol. The van der Waals surface area contributed by atoms with Crippen molar-refractivity contribution in [1.82, 2.24) is 5.32 Å². The number of ether oxygens (including phenoxy) is 2. The fraction of sp³-hybridized carbons (Fsp3) is 0.438. The van der Waals surface area contributed by atoms with Crippen LogP contribution in [0.3, 0.4) is 0 Å². The third-order valence-corrected chi connectivity index (χ3v) is 2.79. The van der Waals surface area contributed by atoms with Crippen molar-refractivity contribution in [2.24, 2.45) is 0 Å². The van der Waals surface area contributed by atoms with Crippen molar-refractivity contribution >= 4 is 17.8 Å². The van der Waals surface area contributed by atoms with E-state index in [1.54, 1.807) is 32.9 Å². The summed E-state index contributed by atoms with van der Waals surface area (Å²) < 4.78 is 9.98. The second kappa shape index (κ2) is 7.62. The Morgan fingerprint density at radius 2 is 1.74 bits per heavy atom. The van der Waals surface area contributed by atoms with Crippen molar-refractivity contribution in [3.63, 3.8) is 0 Å². The Morgan fingerprint density at radius 1 is 1.17 bits per heavy atom. The zero-order chi connectivity index (χ0) is 17.6. The van der Waals surface area contributed by atoms with Crippen LogP contribution in [0, 0.1) is 0 Å². The number of carbonyl (C=O) groups is 3. The lowest BCUT2D eigenvalue weighted by molar-refractivity contribution is -0.139. The molecule has 0 bridgehead atoms. The lowest BCUT2D eigenvalue weighted by Crippen LogP contribution is -2.44. The van der Waals surface area contributed by atoms with Crippen LogP contribution in [0.25, 0.3) is 0 Å². The number of carboxylic acids is 1. The van der Waals surface area contributed by atoms with Gasteiger partial charge in [0.2, 0.25) is 0 Å². The number of aliphatic carboxylic acids is 1. The van der Waals surface area contributed by atoms with E-state index in [1.165, 1.54) is 19.2 Å². The predicted molar refractivity (Wildman–Crippen MR) is 82.7 cm³/mol. The van der Waals surface area contributed by atoms with Gasteiger partial charge in [0.15, 0.2) is 5.78 Å². The maximum atomic E-state index is 12.1. The molecule has 23 heavy (non-hydrogen) atoms. The standard InChI is InChI=1S/C16H21NO6/c1-16(2,3)23-15(21)17-12(14(19)20)9-13(18)10-5-7-11(22-4)8-6-10/h5-8,12H,9H2,1-4H3,(H,17,21)(H,19,20)/t12-/m0/s1. The fourth-order valence-electron chi connectivity index (χ4n) is 1.73. The van der Waals surface area contributed by atoms with E-state index in [0.717, 1.165) is 0 Å². The highest BCUT2D eigenvalue weighted by Crippen LogP contribution is 2.14. The Bertz CT molecular complexity index is 573. The van der Waals surface area contributed by atoms with E-state index in [0.29, 0.717) is 11.3 Å². The summed E-state index contributed by atoms with van der Waals surface area (Å²) in [5, 5.41) is 11.3. The van der Waals surface area contributed by atoms with Crippen molar-refractivity contribution in [1.29, 1.82) is 0 Å². The third kappa shape index (κ3) is 6.37. The number of carboxylic acid groups (broad SMARTS) is 1. The number of Topliss-reactive ketones (excluding diaryl/α,β-unsaturated/α-hetero) is 1. The molecule has 7 nitrogen and oxygen atoms in total. The molecule has 1 amide bonds. The SMILES string of the molecule is COc1ccc(C(=O)C[C@H](NC(=O)OC(C)(C)C)C(=O)O)cc1. The summed E-state index contributed by atoms with van der Waals surface area (Å²) in [4.78, 5) is 35.0. The van der Waals surface area contributed by atoms with Crippen LogP contribution in [0.1, 0.15) is 37.6 Å². The Kier molecular flexibility index (Phi) is 6.12. The molecule has 0 fully saturated rings. The highest BCUT2D eigenvalue weighted by molar-refractivity contribution is 5.99. The molecule has 0 aliphatic rings. The molecule has 0 saturated carbocycles. The summed E-state index contributed by atoms with van der Waals surface area (Å²) in [6.07, 6.45) is -1.26. The monoisotopic (exact) mass is 323 g/mol. The van der Waals surface area contributed by atoms with Crippen molar-refractivity contribution < 1.29 is 29.0 Å². The van der Waals surface area contributed by atoms with Gasteiger partial charge in [-0.15, -0.1) is 0 Å². The van der Waals surface area contributed by atoms with Gasteiger partial charge in [-0.2, -0.15) is 0 Å². The molecule has 0 aliphatic heterocycles. The summed E-state index contributed by atoms with van der Waals surface area (Å²) in [6.45, 7) is 4.97. The smallest absolute Gasteiger partial charge is 0.408 e. The maximum absolute atomic E-state index is 12.1. The average Bonchev–Trinajstić information content (AvgIpc) is 2.44. The van der Waals surface area contributed by atoms with E-state index in [1.807, 2.05) is 0 Å². The summed E-state index contributed by atoms with van der Waals surface area (Å²) in [7, 11) is 1.50. The molecule has 0 heterocycles. The van der Waals surface area contributed by atoms with Crippen molar-refractivity contribution in [3.8, 4) is 5.75 Å². The fourth-order valence-corrected chi connectivity index (χ4v) is 1.73. The first-order valence-electron chi connectivity index (χ1n) is 7.02. The maximum Gasteiger partial charge on any atom is 0.408 e. The van der Waals surface area contributed by atoms with E-state index in [9.17, 15) is 14.4 Å². The zero-order valence-electron chi connectivity index (χ0n) is 13.6. The zero-order valence-corrected chi connectivity index (χ0v) is 13.6. The molecule has 7 heteroatoms. The van der Waals surface area contributed by atoms with Crippen molar-refractivity contribution in [2.45, 2.75) is 38.8 Å². The van der Waals surface area contributed by atoms with Crippen LogP contribution in [-0.4, -0.2) is 41.7 Å². The van der Waals surface area contributed by atoms with Crippen LogP contribution in [0.2, 0.25) is 0 Å². The van der Waals surface area contributed by atoms with Crippen LogP contribution in [0.4, 0.5) is 4.79 Å². The molecular weight excluding hydrogens is 302 g/mol. The molecule has 0 aromatic heterocycles. The lowest BCUT2D eigenvalue weighted by Gasteiger charge is -2.21. The molecule has 0 saturated heterocycles. The van der Waals surface area contributed by atoms with E-state index in [-0.39, 0.29) is 6.42 Å². The van der Waals surface area contributed by atoms with Gasteiger partial charge in [-0.3, -0.25) is 4.79 Å². The molecular formula is C16H21NO6. The molecule has 2 N–H and O–H groups in total. The predicted octanol–water partition coefficient (Wildman–Crippen LogP) is 2.25. The molecule has 0 radical (unpaired) electrons. The number of benzene rings is 1. The van der Waals surface area contributed by atoms with Gasteiger partial charge in [-0.25, -0.2) is 9.59 Å². The minimum absolute atomic E-state index is 0.336. The summed E-state index contributed by atoms with van der Waals surface area (Å²) in [5.41, 5.74) is -0.421. The number of methoxy groups -OCH3 is 1. The Labute approximate surface area is 134 Å². The second-order valence-corrected chi connectivity index (χ2v) is 5.89. The van der Waals surface area contributed by atoms with Crippen LogP contribution < -0.4 is 10.1 Å². The van der Waals surface area contributed by atoms with Gasteiger partial charge in [0.1, 0.15) is 17.4 Å². The third-order valence-electron chi connectivity index (χ3n) is 2.79. The molecule has 1 aromatic carbocycles. The summed E-state index contributed by atoms with van der Waals surface area (Å²) in [6, 6.07) is 4.91. The number of nitrogens with one attached hydrogen (secondary N) is 1. The molecule has 0 spiro atoms. The molecule has 0 unspecified atom stereocenters. The first-order chi connectivity index (χ1) is 10.6. The van der Waals surface area contributed by atoms with E-state index in [4.69, 9.17) is 14.6 Å². The number of alkyl carbamates (subject to hydrolysis) is 1. The highest BCUT2D eigenvalue weighted by Gasteiger charge is 2.26. The number of carbonyl (C=O) groups excluding carboxylic acids is 2. The normalized spacial score (nSPS) is 12.2. The number of rotatable bonds is 6. The Hall–Kier alpha value is -2.57. The lowest BCUT2D eigenvalue weighted by atomic mass is 10.0. The molecule has 1 atom stereocenters. The van der Waals surface area contributed by atoms with E-state index in [2.05, 4.69) is 5.32 Å². The first-order valence-corrected chi connectivity index (χ1v) is 7.02. The van der Waals surface area contributed by atoms with Gasteiger partial charge in [0.25, 0.3) is 0 Å². The first kappa shape index (κ1) is 18.5. The van der Waals surface area contributed by atoms with Gasteiger partial charge in [-0.1, -0.05) is 0 Å². The Balaban J connectivity index is 2.73. The molecule has 126 valence electrons. The topological polar surface area (TPSA) is 102 Å². The van der Waals surface area contributed by atoms with Crippen LogP contribution >= 0.6 is 0 Å². The number of ketones is 1. The quantitative estimate of drug-likeness (QED) is 0.779. The number of amides is 1. The summed E-state index contributed by atoms with van der Waals surface area (Å²) >= 11 is 0. The van der Waals surface area contributed by atoms with Gasteiger partial charge in [0.05, 0.1) is 7.11 Å². The summed E-state index contributed by atoms with van der Waals surface area (Å²) in [5.74, 6) is -1.13. The second-order valence-electron chi connectivity index (χ2n) is 5.89. The van der Waals surface area contributed by atoms with E-state index >= 15 is 0 Å². The van der Waals surface area contributed by atoms with Gasteiger partial charge in [-0.05, 0) is 45.0 Å².